The third-order valence-corrected chi connectivity index (χ3v) is 4.36. The summed E-state index contributed by atoms with van der Waals surface area (Å²) < 4.78 is 10.7. The molecule has 2 amide bonds. The summed E-state index contributed by atoms with van der Waals surface area (Å²) in [7, 11) is 0. The molecular weight excluding hydrogens is 336 g/mol. The van der Waals surface area contributed by atoms with Crippen LogP contribution in [0.1, 0.15) is 22.8 Å². The minimum Gasteiger partial charge on any atom is -0.479 e. The molecule has 0 bridgehead atoms. The molecule has 2 aromatic rings. The molecular formula is C19H16N2O5. The average Bonchev–Trinajstić information content (AvgIpc) is 2.63. The molecule has 2 heterocycles. The van der Waals surface area contributed by atoms with Gasteiger partial charge < -0.3 is 20.1 Å². The van der Waals surface area contributed by atoms with Crippen molar-refractivity contribution in [2.24, 2.45) is 0 Å². The van der Waals surface area contributed by atoms with Crippen LogP contribution in [0.3, 0.4) is 0 Å². The summed E-state index contributed by atoms with van der Waals surface area (Å²) in [4.78, 5) is 36.3. The summed E-state index contributed by atoms with van der Waals surface area (Å²) in [6.45, 7) is 1.66. The van der Waals surface area contributed by atoms with Gasteiger partial charge in [-0.25, -0.2) is 4.79 Å². The van der Waals surface area contributed by atoms with Gasteiger partial charge in [-0.1, -0.05) is 18.2 Å². The van der Waals surface area contributed by atoms with Gasteiger partial charge in [0.1, 0.15) is 5.75 Å². The van der Waals surface area contributed by atoms with Crippen molar-refractivity contribution in [2.75, 3.05) is 10.6 Å². The molecule has 2 aliphatic rings. The lowest BCUT2D eigenvalue weighted by atomic mass is 9.98. The molecule has 7 heteroatoms. The largest absolute Gasteiger partial charge is 0.479 e. The van der Waals surface area contributed by atoms with Crippen molar-refractivity contribution >= 4 is 29.2 Å². The topological polar surface area (TPSA) is 93.7 Å². The van der Waals surface area contributed by atoms with Crippen LogP contribution in [-0.2, 0) is 20.7 Å². The molecule has 0 radical (unpaired) electrons. The first kappa shape index (κ1) is 16.1. The number of benzene rings is 2. The third kappa shape index (κ3) is 2.88. The molecule has 4 rings (SSSR count). The van der Waals surface area contributed by atoms with Crippen LogP contribution in [-0.4, -0.2) is 30.0 Å². The van der Waals surface area contributed by atoms with E-state index in [-0.39, 0.29) is 5.91 Å². The van der Waals surface area contributed by atoms with E-state index in [2.05, 4.69) is 10.6 Å². The molecule has 0 saturated heterocycles. The van der Waals surface area contributed by atoms with E-state index in [4.69, 9.17) is 9.47 Å². The monoisotopic (exact) mass is 352 g/mol. The summed E-state index contributed by atoms with van der Waals surface area (Å²) >= 11 is 0. The molecule has 0 fully saturated rings. The predicted molar refractivity (Wildman–Crippen MR) is 93.1 cm³/mol. The van der Waals surface area contributed by atoms with Gasteiger partial charge >= 0.3 is 5.97 Å². The Hall–Kier alpha value is -3.35. The highest BCUT2D eigenvalue weighted by molar-refractivity contribution is 6.01. The maximum absolute atomic E-state index is 12.5. The van der Waals surface area contributed by atoms with E-state index < -0.39 is 24.1 Å². The molecule has 0 spiro atoms. The van der Waals surface area contributed by atoms with Crippen LogP contribution in [0.15, 0.2) is 42.5 Å². The van der Waals surface area contributed by atoms with Gasteiger partial charge in [0.15, 0.2) is 12.2 Å². The lowest BCUT2D eigenvalue weighted by molar-refractivity contribution is -0.125. The van der Waals surface area contributed by atoms with E-state index in [9.17, 15) is 14.4 Å². The Morgan fingerprint density at radius 2 is 1.96 bits per heavy atom. The van der Waals surface area contributed by atoms with Crippen LogP contribution >= 0.6 is 0 Å². The van der Waals surface area contributed by atoms with E-state index in [0.29, 0.717) is 29.1 Å². The second-order valence-electron chi connectivity index (χ2n) is 6.20. The van der Waals surface area contributed by atoms with Gasteiger partial charge in [-0.2, -0.15) is 0 Å². The van der Waals surface area contributed by atoms with Gasteiger partial charge in [0, 0.05) is 12.1 Å². The third-order valence-electron chi connectivity index (χ3n) is 4.36. The fraction of sp³-hybridized carbons (Fsp3) is 0.211. The number of carbonyl (C=O) groups excluding carboxylic acids is 3. The van der Waals surface area contributed by atoms with Gasteiger partial charge in [-0.05, 0) is 36.8 Å². The number of rotatable bonds is 2. The summed E-state index contributed by atoms with van der Waals surface area (Å²) in [6.07, 6.45) is -1.15. The van der Waals surface area contributed by atoms with E-state index in [1.807, 2.05) is 12.1 Å². The maximum Gasteiger partial charge on any atom is 0.339 e. The molecule has 26 heavy (non-hydrogen) atoms. The van der Waals surface area contributed by atoms with Crippen molar-refractivity contribution in [3.63, 3.8) is 0 Å². The summed E-state index contributed by atoms with van der Waals surface area (Å²) in [5, 5.41) is 5.44. The van der Waals surface area contributed by atoms with Gasteiger partial charge in [0.25, 0.3) is 11.8 Å². The van der Waals surface area contributed by atoms with Crippen LogP contribution in [0.4, 0.5) is 11.4 Å². The first-order valence-corrected chi connectivity index (χ1v) is 8.22. The lowest BCUT2D eigenvalue weighted by Crippen LogP contribution is -2.38. The number of carbonyl (C=O) groups is 3. The van der Waals surface area contributed by atoms with Crippen LogP contribution in [0, 0.1) is 0 Å². The molecule has 2 N–H and O–H groups in total. The Labute approximate surface area is 149 Å². The van der Waals surface area contributed by atoms with Gasteiger partial charge in [-0.3, -0.25) is 9.59 Å². The number of cyclic esters (lactones) is 1. The molecule has 7 nitrogen and oxygen atoms in total. The Balaban J connectivity index is 1.50. The van der Waals surface area contributed by atoms with Crippen molar-refractivity contribution in [3.8, 4) is 5.75 Å². The van der Waals surface area contributed by atoms with Crippen LogP contribution < -0.4 is 15.4 Å². The summed E-state index contributed by atoms with van der Waals surface area (Å²) in [6, 6.07) is 12.0. The van der Waals surface area contributed by atoms with Crippen molar-refractivity contribution < 1.29 is 23.9 Å². The van der Waals surface area contributed by atoms with Crippen molar-refractivity contribution in [3.05, 3.63) is 53.6 Å². The summed E-state index contributed by atoms with van der Waals surface area (Å²) in [5.41, 5.74) is 2.22. The standard InChI is InChI=1S/C19H16N2O5/c1-10-17(22)21-14-9-12(6-7-15(14)25-10)20-18(23)16-8-11-4-2-3-5-13(11)19(24)26-16/h2-7,9-10,16H,8H2,1H3,(H,20,23)(H,21,22)/t10-,16-/m1/s1. The summed E-state index contributed by atoms with van der Waals surface area (Å²) in [5.74, 6) is -0.650. The number of anilines is 2. The number of fused-ring (bicyclic) bond motifs is 2. The highest BCUT2D eigenvalue weighted by atomic mass is 16.5. The second kappa shape index (κ2) is 6.18. The van der Waals surface area contributed by atoms with Crippen molar-refractivity contribution in [1.82, 2.24) is 0 Å². The first-order valence-electron chi connectivity index (χ1n) is 8.22. The Morgan fingerprint density at radius 1 is 1.15 bits per heavy atom. The minimum atomic E-state index is -0.903. The van der Waals surface area contributed by atoms with E-state index >= 15 is 0 Å². The van der Waals surface area contributed by atoms with Crippen LogP contribution in [0.25, 0.3) is 0 Å². The minimum absolute atomic E-state index is 0.251. The Bertz CT molecular complexity index is 924. The normalized spacial score (nSPS) is 20.8. The maximum atomic E-state index is 12.5. The van der Waals surface area contributed by atoms with Crippen LogP contribution in [0.2, 0.25) is 0 Å². The Kier molecular flexibility index (Phi) is 3.84. The fourth-order valence-electron chi connectivity index (χ4n) is 2.99. The lowest BCUT2D eigenvalue weighted by Gasteiger charge is -2.25. The SMILES string of the molecule is C[C@H]1Oc2ccc(NC(=O)[C@H]3Cc4ccccc4C(=O)O3)cc2NC1=O. The molecule has 2 aromatic carbocycles. The molecule has 2 atom stereocenters. The number of hydrogen-bond acceptors (Lipinski definition) is 5. The highest BCUT2D eigenvalue weighted by Gasteiger charge is 2.31. The smallest absolute Gasteiger partial charge is 0.339 e. The van der Waals surface area contributed by atoms with Gasteiger partial charge in [0.2, 0.25) is 0 Å². The molecule has 0 aliphatic carbocycles. The van der Waals surface area contributed by atoms with E-state index in [0.717, 1.165) is 5.56 Å². The quantitative estimate of drug-likeness (QED) is 0.808. The fourth-order valence-corrected chi connectivity index (χ4v) is 2.99. The highest BCUT2D eigenvalue weighted by Crippen LogP contribution is 2.32. The van der Waals surface area contributed by atoms with Crippen LogP contribution in [0.5, 0.6) is 5.75 Å². The van der Waals surface area contributed by atoms with Gasteiger partial charge in [-0.15, -0.1) is 0 Å². The Morgan fingerprint density at radius 3 is 2.81 bits per heavy atom. The van der Waals surface area contributed by atoms with E-state index in [1.165, 1.54) is 0 Å². The first-order chi connectivity index (χ1) is 12.5. The number of amides is 2. The molecule has 0 unspecified atom stereocenters. The van der Waals surface area contributed by atoms with Crippen molar-refractivity contribution in [2.45, 2.75) is 25.6 Å². The predicted octanol–water partition coefficient (Wildman–Crippen LogP) is 2.13. The molecule has 2 aliphatic heterocycles. The van der Waals surface area contributed by atoms with E-state index in [1.54, 1.807) is 37.3 Å². The number of hydrogen-bond donors (Lipinski definition) is 2. The number of nitrogens with one attached hydrogen (secondary N) is 2. The molecule has 132 valence electrons. The zero-order valence-electron chi connectivity index (χ0n) is 13.9. The van der Waals surface area contributed by atoms with Crippen molar-refractivity contribution in [1.29, 1.82) is 0 Å². The zero-order valence-corrected chi connectivity index (χ0v) is 13.9. The number of ether oxygens (including phenoxy) is 2. The average molecular weight is 352 g/mol. The van der Waals surface area contributed by atoms with Gasteiger partial charge in [0.05, 0.1) is 11.3 Å². The molecule has 0 saturated carbocycles. The zero-order chi connectivity index (χ0) is 18.3. The molecule has 0 aromatic heterocycles. The second-order valence-corrected chi connectivity index (χ2v) is 6.20. The number of esters is 1.